The van der Waals surface area contributed by atoms with E-state index in [1.54, 1.807) is 0 Å². The van der Waals surface area contributed by atoms with Gasteiger partial charge in [0.2, 0.25) is 0 Å². The van der Waals surface area contributed by atoms with Crippen molar-refractivity contribution < 1.29 is 14.8 Å². The Kier molecular flexibility index (Phi) is 3.19. The predicted octanol–water partition coefficient (Wildman–Crippen LogP) is 1.94. The number of nitro groups is 1. The Morgan fingerprint density at radius 2 is 2.21 bits per heavy atom. The van der Waals surface area contributed by atoms with Gasteiger partial charge in [-0.3, -0.25) is 10.1 Å². The fourth-order valence-electron chi connectivity index (χ4n) is 0.937. The summed E-state index contributed by atoms with van der Waals surface area (Å²) in [7, 11) is 0. The van der Waals surface area contributed by atoms with E-state index >= 15 is 0 Å². The second kappa shape index (κ2) is 4.19. The smallest absolute Gasteiger partial charge is 0.311 e. The van der Waals surface area contributed by atoms with Crippen LogP contribution in [0.1, 0.15) is 10.4 Å². The van der Waals surface area contributed by atoms with Gasteiger partial charge in [-0.2, -0.15) is 0 Å². The fraction of sp³-hybridized carbons (Fsp3) is 0.125. The molecule has 74 valence electrons. The fourth-order valence-corrected chi connectivity index (χ4v) is 1.22. The van der Waals surface area contributed by atoms with Gasteiger partial charge in [0.15, 0.2) is 5.75 Å². The molecule has 1 unspecified atom stereocenters. The maximum absolute atomic E-state index is 10.4. The maximum Gasteiger partial charge on any atom is 0.311 e. The van der Waals surface area contributed by atoms with Crippen molar-refractivity contribution in [3.8, 4) is 5.75 Å². The first kappa shape index (κ1) is 10.6. The van der Waals surface area contributed by atoms with Crippen LogP contribution in [-0.4, -0.2) is 16.3 Å². The molecule has 1 aromatic rings. The van der Waals surface area contributed by atoms with Crippen molar-refractivity contribution in [2.45, 2.75) is 4.83 Å². The number of nitro benzene ring substituents is 1. The summed E-state index contributed by atoms with van der Waals surface area (Å²) in [5.74, 6) is -0.413. The van der Waals surface area contributed by atoms with Crippen LogP contribution >= 0.6 is 15.9 Å². The zero-order valence-corrected chi connectivity index (χ0v) is 8.47. The molecule has 0 aliphatic heterocycles. The molecule has 0 spiro atoms. The first-order valence-corrected chi connectivity index (χ1v) is 4.54. The number of rotatable bonds is 3. The number of alkyl halides is 1. The summed E-state index contributed by atoms with van der Waals surface area (Å²) in [5, 5.41) is 19.5. The average Bonchev–Trinajstić information content (AvgIpc) is 2.17. The molecule has 0 saturated carbocycles. The molecular formula is C8H6BrNO4. The van der Waals surface area contributed by atoms with Gasteiger partial charge in [-0.15, -0.1) is 0 Å². The van der Waals surface area contributed by atoms with E-state index in [1.165, 1.54) is 12.1 Å². The molecule has 1 rings (SSSR count). The minimum absolute atomic E-state index is 0.409. The van der Waals surface area contributed by atoms with Crippen LogP contribution in [0.2, 0.25) is 0 Å². The first-order chi connectivity index (χ1) is 6.56. The van der Waals surface area contributed by atoms with Crippen molar-refractivity contribution in [1.29, 1.82) is 0 Å². The van der Waals surface area contributed by atoms with Crippen molar-refractivity contribution in [1.82, 2.24) is 0 Å². The Labute approximate surface area is 87.6 Å². The van der Waals surface area contributed by atoms with Gasteiger partial charge in [-0.1, -0.05) is 22.0 Å². The monoisotopic (exact) mass is 259 g/mol. The number of hydrogen-bond acceptors (Lipinski definition) is 4. The van der Waals surface area contributed by atoms with Crippen LogP contribution in [0.3, 0.4) is 0 Å². The van der Waals surface area contributed by atoms with Crippen molar-refractivity contribution in [3.05, 3.63) is 33.9 Å². The predicted molar refractivity (Wildman–Crippen MR) is 52.5 cm³/mol. The highest BCUT2D eigenvalue weighted by atomic mass is 79.9. The number of halogens is 1. The number of carbonyl (C=O) groups is 1. The Morgan fingerprint density at radius 1 is 1.57 bits per heavy atom. The summed E-state index contributed by atoms with van der Waals surface area (Å²) in [4.78, 5) is 19.5. The largest absolute Gasteiger partial charge is 0.502 e. The van der Waals surface area contributed by atoms with Crippen LogP contribution in [0.15, 0.2) is 18.2 Å². The summed E-state index contributed by atoms with van der Waals surface area (Å²) < 4.78 is 0. The van der Waals surface area contributed by atoms with E-state index in [4.69, 9.17) is 5.11 Å². The normalized spacial score (nSPS) is 12.1. The number of aromatic hydroxyl groups is 1. The molecule has 14 heavy (non-hydrogen) atoms. The average molecular weight is 260 g/mol. The van der Waals surface area contributed by atoms with E-state index in [-0.39, 0.29) is 0 Å². The van der Waals surface area contributed by atoms with E-state index in [0.717, 1.165) is 6.07 Å². The molecule has 1 aromatic carbocycles. The highest BCUT2D eigenvalue weighted by Gasteiger charge is 2.16. The van der Waals surface area contributed by atoms with Crippen molar-refractivity contribution in [2.75, 3.05) is 0 Å². The third-order valence-electron chi connectivity index (χ3n) is 1.63. The van der Waals surface area contributed by atoms with Crippen LogP contribution in [0.25, 0.3) is 0 Å². The molecule has 0 fully saturated rings. The van der Waals surface area contributed by atoms with E-state index in [2.05, 4.69) is 15.9 Å². The third kappa shape index (κ3) is 2.08. The van der Waals surface area contributed by atoms with E-state index < -0.39 is 21.2 Å². The van der Waals surface area contributed by atoms with Gasteiger partial charge < -0.3 is 9.90 Å². The van der Waals surface area contributed by atoms with Gasteiger partial charge in [0.25, 0.3) is 0 Å². The lowest BCUT2D eigenvalue weighted by Crippen LogP contribution is -1.94. The number of carbonyl (C=O) groups excluding carboxylic acids is 1. The summed E-state index contributed by atoms with van der Waals surface area (Å²) in [5.41, 5.74) is 0.0262. The SMILES string of the molecule is O=CC(Br)c1ccc(O)c([N+](=O)[O-])c1. The highest BCUT2D eigenvalue weighted by molar-refractivity contribution is 9.09. The molecule has 0 heterocycles. The summed E-state index contributed by atoms with van der Waals surface area (Å²) in [6.45, 7) is 0. The van der Waals surface area contributed by atoms with E-state index in [9.17, 15) is 14.9 Å². The van der Waals surface area contributed by atoms with Crippen LogP contribution < -0.4 is 0 Å². The summed E-state index contributed by atoms with van der Waals surface area (Å²) in [6.07, 6.45) is 0.607. The van der Waals surface area contributed by atoms with Crippen LogP contribution in [0.4, 0.5) is 5.69 Å². The third-order valence-corrected chi connectivity index (χ3v) is 2.38. The minimum atomic E-state index is -0.705. The number of nitrogens with zero attached hydrogens (tertiary/aromatic N) is 1. The topological polar surface area (TPSA) is 80.4 Å². The Balaban J connectivity index is 3.19. The Hall–Kier alpha value is -1.43. The van der Waals surface area contributed by atoms with Crippen molar-refractivity contribution in [2.24, 2.45) is 0 Å². The summed E-state index contributed by atoms with van der Waals surface area (Å²) >= 11 is 3.02. The second-order valence-electron chi connectivity index (χ2n) is 2.54. The molecule has 0 aliphatic carbocycles. The molecule has 0 amide bonds. The molecule has 0 aromatic heterocycles. The van der Waals surface area contributed by atoms with Gasteiger partial charge in [0.05, 0.1) is 9.75 Å². The quantitative estimate of drug-likeness (QED) is 0.389. The van der Waals surface area contributed by atoms with Gasteiger partial charge in [0.1, 0.15) is 6.29 Å². The van der Waals surface area contributed by atoms with Crippen LogP contribution in [0.5, 0.6) is 5.75 Å². The van der Waals surface area contributed by atoms with E-state index in [0.29, 0.717) is 11.8 Å². The van der Waals surface area contributed by atoms with Gasteiger partial charge in [-0.25, -0.2) is 0 Å². The van der Waals surface area contributed by atoms with Crippen molar-refractivity contribution in [3.63, 3.8) is 0 Å². The number of phenolic OH excluding ortho intramolecular Hbond substituents is 1. The molecule has 1 N–H and O–H groups in total. The lowest BCUT2D eigenvalue weighted by Gasteiger charge is -2.02. The molecular weight excluding hydrogens is 254 g/mol. The van der Waals surface area contributed by atoms with Crippen LogP contribution in [0, 0.1) is 10.1 Å². The Bertz CT molecular complexity index is 380. The number of benzene rings is 1. The number of hydrogen-bond donors (Lipinski definition) is 1. The minimum Gasteiger partial charge on any atom is -0.502 e. The molecule has 1 atom stereocenters. The molecule has 0 saturated heterocycles. The second-order valence-corrected chi connectivity index (χ2v) is 3.53. The lowest BCUT2D eigenvalue weighted by molar-refractivity contribution is -0.385. The van der Waals surface area contributed by atoms with E-state index in [1.807, 2.05) is 0 Å². The molecule has 5 nitrogen and oxygen atoms in total. The zero-order valence-electron chi connectivity index (χ0n) is 6.88. The van der Waals surface area contributed by atoms with Crippen LogP contribution in [-0.2, 0) is 4.79 Å². The molecule has 0 aliphatic rings. The Morgan fingerprint density at radius 3 is 2.71 bits per heavy atom. The first-order valence-electron chi connectivity index (χ1n) is 3.63. The maximum atomic E-state index is 10.4. The van der Waals surface area contributed by atoms with Crippen molar-refractivity contribution >= 4 is 27.9 Å². The lowest BCUT2D eigenvalue weighted by atomic mass is 10.1. The molecule has 0 bridgehead atoms. The molecule has 0 radical (unpaired) electrons. The zero-order chi connectivity index (χ0) is 10.7. The molecule has 6 heteroatoms. The highest BCUT2D eigenvalue weighted by Crippen LogP contribution is 2.30. The van der Waals surface area contributed by atoms with Gasteiger partial charge in [0, 0.05) is 6.07 Å². The number of aldehydes is 1. The number of phenols is 1. The van der Waals surface area contributed by atoms with Gasteiger partial charge in [-0.05, 0) is 11.6 Å². The summed E-state index contributed by atoms with van der Waals surface area (Å²) in [6, 6.07) is 3.78. The standard InChI is InChI=1S/C8H6BrNO4/c9-6(4-11)5-1-2-8(12)7(3-5)10(13)14/h1-4,6,12H. The van der Waals surface area contributed by atoms with Gasteiger partial charge >= 0.3 is 5.69 Å².